The maximum Gasteiger partial charge on any atom is 0.271 e. The van der Waals surface area contributed by atoms with E-state index in [-0.39, 0.29) is 5.91 Å². The summed E-state index contributed by atoms with van der Waals surface area (Å²) in [4.78, 5) is 12.2. The maximum absolute atomic E-state index is 12.2. The van der Waals surface area contributed by atoms with Crippen molar-refractivity contribution in [1.29, 1.82) is 0 Å². The number of carbonyl (C=O) groups is 1. The van der Waals surface area contributed by atoms with E-state index in [1.165, 1.54) is 25.7 Å². The molecular formula is C16H21N5O. The summed E-state index contributed by atoms with van der Waals surface area (Å²) in [6, 6.07) is 3.69. The van der Waals surface area contributed by atoms with Crippen LogP contribution >= 0.6 is 0 Å². The number of nitrogens with zero attached hydrogens (tertiary/aromatic N) is 4. The molecule has 0 aromatic carbocycles. The second-order valence-electron chi connectivity index (χ2n) is 6.57. The Morgan fingerprint density at radius 1 is 1.36 bits per heavy atom. The fraction of sp³-hybridized carbons (Fsp3) is 0.562. The van der Waals surface area contributed by atoms with Crippen LogP contribution in [0.15, 0.2) is 30.7 Å². The Balaban J connectivity index is 1.30. The smallest absolute Gasteiger partial charge is 0.271 e. The number of carbonyl (C=O) groups excluding carboxylic acids is 1. The van der Waals surface area contributed by atoms with Gasteiger partial charge in [0.25, 0.3) is 5.91 Å². The zero-order chi connectivity index (χ0) is 15.0. The van der Waals surface area contributed by atoms with Crippen LogP contribution in [0, 0.1) is 11.3 Å². The first-order chi connectivity index (χ1) is 10.8. The third-order valence-corrected chi connectivity index (χ3v) is 5.18. The number of hydrogen-bond donors (Lipinski definition) is 1. The van der Waals surface area contributed by atoms with Crippen molar-refractivity contribution in [2.24, 2.45) is 11.3 Å². The van der Waals surface area contributed by atoms with Crippen LogP contribution in [0.1, 0.15) is 36.2 Å². The van der Waals surface area contributed by atoms with Crippen LogP contribution in [-0.2, 0) is 13.1 Å². The summed E-state index contributed by atoms with van der Waals surface area (Å²) in [5.74, 6) is 0.809. The van der Waals surface area contributed by atoms with Gasteiger partial charge in [0.1, 0.15) is 5.69 Å². The van der Waals surface area contributed by atoms with Crippen molar-refractivity contribution < 1.29 is 4.79 Å². The summed E-state index contributed by atoms with van der Waals surface area (Å²) >= 11 is 0. The second-order valence-corrected chi connectivity index (χ2v) is 6.57. The Hall–Kier alpha value is -2.11. The number of nitrogens with one attached hydrogen (secondary N) is 1. The highest BCUT2D eigenvalue weighted by molar-refractivity contribution is 5.92. The van der Waals surface area contributed by atoms with E-state index >= 15 is 0 Å². The zero-order valence-corrected chi connectivity index (χ0v) is 12.6. The van der Waals surface area contributed by atoms with Gasteiger partial charge in [0.15, 0.2) is 0 Å². The number of hydrogen-bond acceptors (Lipinski definition) is 3. The van der Waals surface area contributed by atoms with Gasteiger partial charge in [-0.1, -0.05) is 6.42 Å². The summed E-state index contributed by atoms with van der Waals surface area (Å²) in [6.45, 7) is 2.28. The van der Waals surface area contributed by atoms with E-state index in [4.69, 9.17) is 0 Å². The molecule has 0 aliphatic heterocycles. The Bertz CT molecular complexity index is 662. The molecule has 6 nitrogen and oxygen atoms in total. The van der Waals surface area contributed by atoms with Gasteiger partial charge in [0.05, 0.1) is 13.1 Å². The van der Waals surface area contributed by atoms with Crippen molar-refractivity contribution in [2.75, 3.05) is 6.54 Å². The fourth-order valence-electron chi connectivity index (χ4n) is 3.74. The minimum Gasteiger partial charge on any atom is -0.350 e. The summed E-state index contributed by atoms with van der Waals surface area (Å²) in [6.07, 6.45) is 10.8. The molecule has 2 aliphatic rings. The molecule has 0 bridgehead atoms. The molecule has 1 amide bonds. The summed E-state index contributed by atoms with van der Waals surface area (Å²) in [5, 5.41) is 11.6. The molecule has 2 aromatic heterocycles. The summed E-state index contributed by atoms with van der Waals surface area (Å²) < 4.78 is 3.65. The van der Waals surface area contributed by atoms with Gasteiger partial charge >= 0.3 is 0 Å². The molecular weight excluding hydrogens is 278 g/mol. The molecule has 2 atom stereocenters. The van der Waals surface area contributed by atoms with E-state index in [1.807, 2.05) is 23.1 Å². The number of amides is 1. The molecule has 2 aromatic rings. The first-order valence-electron chi connectivity index (χ1n) is 8.04. The lowest BCUT2D eigenvalue weighted by atomic mass is 10.0. The third-order valence-electron chi connectivity index (χ3n) is 5.18. The van der Waals surface area contributed by atoms with Gasteiger partial charge in [0.2, 0.25) is 0 Å². The number of fused-ring (bicyclic) bond motifs is 1. The van der Waals surface area contributed by atoms with E-state index in [1.54, 1.807) is 16.9 Å². The molecule has 2 aliphatic carbocycles. The SMILES string of the molecule is O=C(NC[C@]12CCC[C@H]1C2)c1ccn(CCn2cccn2)n1. The molecule has 0 unspecified atom stereocenters. The molecule has 116 valence electrons. The van der Waals surface area contributed by atoms with Gasteiger partial charge in [-0.15, -0.1) is 0 Å². The van der Waals surface area contributed by atoms with Crippen LogP contribution in [0.4, 0.5) is 0 Å². The summed E-state index contributed by atoms with van der Waals surface area (Å²) in [5.41, 5.74) is 0.935. The van der Waals surface area contributed by atoms with E-state index in [0.29, 0.717) is 17.7 Å². The molecule has 2 heterocycles. The van der Waals surface area contributed by atoms with Crippen molar-refractivity contribution in [1.82, 2.24) is 24.9 Å². The number of rotatable bonds is 6. The van der Waals surface area contributed by atoms with Gasteiger partial charge < -0.3 is 5.32 Å². The Morgan fingerprint density at radius 2 is 2.27 bits per heavy atom. The van der Waals surface area contributed by atoms with Crippen molar-refractivity contribution in [3.63, 3.8) is 0 Å². The van der Waals surface area contributed by atoms with Crippen LogP contribution < -0.4 is 5.32 Å². The number of aryl methyl sites for hydroxylation is 2. The first-order valence-corrected chi connectivity index (χ1v) is 8.04. The highest BCUT2D eigenvalue weighted by Gasteiger charge is 2.56. The van der Waals surface area contributed by atoms with Gasteiger partial charge in [0, 0.05) is 25.1 Å². The molecule has 2 fully saturated rings. The molecule has 0 saturated heterocycles. The topological polar surface area (TPSA) is 64.7 Å². The third kappa shape index (κ3) is 2.53. The van der Waals surface area contributed by atoms with Crippen LogP contribution in [0.2, 0.25) is 0 Å². The average molecular weight is 299 g/mol. The molecule has 0 radical (unpaired) electrons. The van der Waals surface area contributed by atoms with E-state index in [2.05, 4.69) is 15.5 Å². The van der Waals surface area contributed by atoms with Crippen molar-refractivity contribution in [3.8, 4) is 0 Å². The Morgan fingerprint density at radius 3 is 3.00 bits per heavy atom. The molecule has 22 heavy (non-hydrogen) atoms. The molecule has 4 rings (SSSR count). The highest BCUT2D eigenvalue weighted by atomic mass is 16.1. The fourth-order valence-corrected chi connectivity index (χ4v) is 3.74. The van der Waals surface area contributed by atoms with Gasteiger partial charge in [-0.3, -0.25) is 14.2 Å². The normalized spacial score (nSPS) is 25.9. The molecule has 1 N–H and O–H groups in total. The predicted octanol–water partition coefficient (Wildman–Crippen LogP) is 1.70. The van der Waals surface area contributed by atoms with E-state index in [0.717, 1.165) is 19.0 Å². The van der Waals surface area contributed by atoms with Gasteiger partial charge in [-0.2, -0.15) is 10.2 Å². The van der Waals surface area contributed by atoms with Crippen LogP contribution in [-0.4, -0.2) is 32.0 Å². The van der Waals surface area contributed by atoms with Crippen LogP contribution in [0.5, 0.6) is 0 Å². The summed E-state index contributed by atoms with van der Waals surface area (Å²) in [7, 11) is 0. The lowest BCUT2D eigenvalue weighted by Crippen LogP contribution is -2.30. The molecule has 6 heteroatoms. The quantitative estimate of drug-likeness (QED) is 0.883. The van der Waals surface area contributed by atoms with Crippen LogP contribution in [0.25, 0.3) is 0 Å². The highest BCUT2D eigenvalue weighted by Crippen LogP contribution is 2.63. The monoisotopic (exact) mass is 299 g/mol. The van der Waals surface area contributed by atoms with Gasteiger partial charge in [-0.25, -0.2) is 0 Å². The number of aromatic nitrogens is 4. The standard InChI is InChI=1S/C16H21N5O/c22-15(17-12-16-5-1-3-13(16)11-16)14-4-8-21(19-14)10-9-20-7-2-6-18-20/h2,4,6-8,13H,1,3,5,9-12H2,(H,17,22)/t13-,16+/m0/s1. The minimum atomic E-state index is -0.0511. The van der Waals surface area contributed by atoms with Crippen molar-refractivity contribution >= 4 is 5.91 Å². The lowest BCUT2D eigenvalue weighted by Gasteiger charge is -2.12. The second kappa shape index (κ2) is 5.26. The van der Waals surface area contributed by atoms with Crippen LogP contribution in [0.3, 0.4) is 0 Å². The minimum absolute atomic E-state index is 0.0511. The van der Waals surface area contributed by atoms with Crippen molar-refractivity contribution in [3.05, 3.63) is 36.4 Å². The predicted molar refractivity (Wildman–Crippen MR) is 81.2 cm³/mol. The van der Waals surface area contributed by atoms with Crippen molar-refractivity contribution in [2.45, 2.75) is 38.8 Å². The van der Waals surface area contributed by atoms with E-state index in [9.17, 15) is 4.79 Å². The zero-order valence-electron chi connectivity index (χ0n) is 12.6. The van der Waals surface area contributed by atoms with E-state index < -0.39 is 0 Å². The average Bonchev–Trinajstić information content (AvgIpc) is 3.04. The largest absolute Gasteiger partial charge is 0.350 e. The lowest BCUT2D eigenvalue weighted by molar-refractivity contribution is 0.0938. The Labute approximate surface area is 129 Å². The molecule has 0 spiro atoms. The Kier molecular flexibility index (Phi) is 3.24. The molecule has 2 saturated carbocycles. The first kappa shape index (κ1) is 13.5. The maximum atomic E-state index is 12.2. The van der Waals surface area contributed by atoms with Gasteiger partial charge in [-0.05, 0) is 42.7 Å².